The molecule has 0 saturated heterocycles. The highest BCUT2D eigenvalue weighted by molar-refractivity contribution is 5.48. The van der Waals surface area contributed by atoms with Crippen LogP contribution in [0.15, 0.2) is 24.3 Å². The van der Waals surface area contributed by atoms with E-state index in [0.29, 0.717) is 17.4 Å². The van der Waals surface area contributed by atoms with E-state index in [1.54, 1.807) is 12.1 Å². The average Bonchev–Trinajstić information content (AvgIpc) is 2.94. The van der Waals surface area contributed by atoms with Crippen molar-refractivity contribution >= 4 is 5.82 Å². The molecule has 104 valence electrons. The topological polar surface area (TPSA) is 65.5 Å². The van der Waals surface area contributed by atoms with Gasteiger partial charge in [0, 0.05) is 25.6 Å². The standard InChI is InChI=1S/C14H15N3O3/c1-3-12-16-13(15-2)7-14(17-12)20-9-4-5-10-11(6-9)19-8-18-10/h4-7H,3,8H2,1-2H3,(H,15,16,17). The lowest BCUT2D eigenvalue weighted by Gasteiger charge is -2.08. The highest BCUT2D eigenvalue weighted by Crippen LogP contribution is 2.36. The fraction of sp³-hybridized carbons (Fsp3) is 0.286. The van der Waals surface area contributed by atoms with Gasteiger partial charge in [0.15, 0.2) is 11.5 Å². The predicted molar refractivity (Wildman–Crippen MR) is 73.6 cm³/mol. The summed E-state index contributed by atoms with van der Waals surface area (Å²) in [5.41, 5.74) is 0. The Morgan fingerprint density at radius 3 is 2.85 bits per heavy atom. The first-order valence-electron chi connectivity index (χ1n) is 6.41. The van der Waals surface area contributed by atoms with Gasteiger partial charge in [0.05, 0.1) is 0 Å². The van der Waals surface area contributed by atoms with Crippen LogP contribution in [0.25, 0.3) is 0 Å². The molecule has 1 aliphatic heterocycles. The lowest BCUT2D eigenvalue weighted by atomic mass is 10.3. The fourth-order valence-electron chi connectivity index (χ4n) is 1.87. The molecule has 0 unspecified atom stereocenters. The maximum atomic E-state index is 5.76. The minimum absolute atomic E-state index is 0.246. The van der Waals surface area contributed by atoms with E-state index in [9.17, 15) is 0 Å². The van der Waals surface area contributed by atoms with E-state index >= 15 is 0 Å². The molecule has 3 rings (SSSR count). The third-order valence-electron chi connectivity index (χ3n) is 2.89. The van der Waals surface area contributed by atoms with Gasteiger partial charge in [-0.05, 0) is 12.1 Å². The van der Waals surface area contributed by atoms with Crippen LogP contribution in [-0.4, -0.2) is 23.8 Å². The molecular formula is C14H15N3O3. The van der Waals surface area contributed by atoms with E-state index in [4.69, 9.17) is 14.2 Å². The number of anilines is 1. The summed E-state index contributed by atoms with van der Waals surface area (Å²) in [7, 11) is 1.81. The van der Waals surface area contributed by atoms with E-state index in [0.717, 1.165) is 23.8 Å². The zero-order chi connectivity index (χ0) is 13.9. The molecule has 0 amide bonds. The molecule has 1 N–H and O–H groups in total. The molecule has 0 atom stereocenters. The molecule has 0 saturated carbocycles. The Morgan fingerprint density at radius 2 is 2.05 bits per heavy atom. The van der Waals surface area contributed by atoms with Gasteiger partial charge in [-0.1, -0.05) is 6.92 Å². The number of nitrogens with zero attached hydrogens (tertiary/aromatic N) is 2. The van der Waals surface area contributed by atoms with Gasteiger partial charge in [0.1, 0.15) is 17.4 Å². The van der Waals surface area contributed by atoms with Crippen molar-refractivity contribution in [2.75, 3.05) is 19.2 Å². The highest BCUT2D eigenvalue weighted by Gasteiger charge is 2.14. The highest BCUT2D eigenvalue weighted by atomic mass is 16.7. The Balaban J connectivity index is 1.87. The molecule has 0 aliphatic carbocycles. The molecule has 0 spiro atoms. The third kappa shape index (κ3) is 2.45. The second-order valence-corrected chi connectivity index (χ2v) is 4.23. The summed E-state index contributed by atoms with van der Waals surface area (Å²) >= 11 is 0. The van der Waals surface area contributed by atoms with Crippen molar-refractivity contribution in [3.8, 4) is 23.1 Å². The summed E-state index contributed by atoms with van der Waals surface area (Å²) in [4.78, 5) is 8.67. The first kappa shape index (κ1) is 12.5. The van der Waals surface area contributed by atoms with Crippen LogP contribution in [0.5, 0.6) is 23.1 Å². The Kier molecular flexibility index (Phi) is 3.28. The van der Waals surface area contributed by atoms with Crippen molar-refractivity contribution < 1.29 is 14.2 Å². The monoisotopic (exact) mass is 273 g/mol. The minimum atomic E-state index is 0.246. The van der Waals surface area contributed by atoms with Crippen LogP contribution in [-0.2, 0) is 6.42 Å². The van der Waals surface area contributed by atoms with Crippen molar-refractivity contribution in [2.24, 2.45) is 0 Å². The summed E-state index contributed by atoms with van der Waals surface area (Å²) in [6.45, 7) is 2.25. The number of benzene rings is 1. The van der Waals surface area contributed by atoms with Crippen LogP contribution in [0, 0.1) is 0 Å². The van der Waals surface area contributed by atoms with Crippen molar-refractivity contribution in [3.05, 3.63) is 30.1 Å². The smallest absolute Gasteiger partial charge is 0.231 e. The average molecular weight is 273 g/mol. The Morgan fingerprint density at radius 1 is 1.20 bits per heavy atom. The lowest BCUT2D eigenvalue weighted by Crippen LogP contribution is -2.01. The maximum Gasteiger partial charge on any atom is 0.231 e. The van der Waals surface area contributed by atoms with Crippen LogP contribution in [0.2, 0.25) is 0 Å². The van der Waals surface area contributed by atoms with Gasteiger partial charge in [-0.3, -0.25) is 0 Å². The molecule has 1 aliphatic rings. The maximum absolute atomic E-state index is 5.76. The van der Waals surface area contributed by atoms with Gasteiger partial charge >= 0.3 is 0 Å². The predicted octanol–water partition coefficient (Wildman–Crippen LogP) is 2.60. The summed E-state index contributed by atoms with van der Waals surface area (Å²) in [5, 5.41) is 2.99. The summed E-state index contributed by atoms with van der Waals surface area (Å²) in [6, 6.07) is 7.18. The summed E-state index contributed by atoms with van der Waals surface area (Å²) in [5.74, 6) is 4.02. The quantitative estimate of drug-likeness (QED) is 0.923. The summed E-state index contributed by atoms with van der Waals surface area (Å²) in [6.07, 6.45) is 0.743. The second kappa shape index (κ2) is 5.24. The van der Waals surface area contributed by atoms with E-state index in [1.807, 2.05) is 26.1 Å². The Bertz CT molecular complexity index is 609. The number of aromatic nitrogens is 2. The molecule has 0 bridgehead atoms. The zero-order valence-electron chi connectivity index (χ0n) is 11.3. The van der Waals surface area contributed by atoms with Gasteiger partial charge in [-0.2, -0.15) is 4.98 Å². The summed E-state index contributed by atoms with van der Waals surface area (Å²) < 4.78 is 16.3. The molecule has 20 heavy (non-hydrogen) atoms. The number of nitrogens with one attached hydrogen (secondary N) is 1. The van der Waals surface area contributed by atoms with Crippen molar-refractivity contribution in [1.82, 2.24) is 9.97 Å². The van der Waals surface area contributed by atoms with Crippen LogP contribution < -0.4 is 19.5 Å². The second-order valence-electron chi connectivity index (χ2n) is 4.23. The number of fused-ring (bicyclic) bond motifs is 1. The van der Waals surface area contributed by atoms with Gasteiger partial charge in [-0.15, -0.1) is 0 Å². The largest absolute Gasteiger partial charge is 0.454 e. The van der Waals surface area contributed by atoms with Crippen molar-refractivity contribution in [1.29, 1.82) is 0 Å². The molecule has 1 aromatic carbocycles. The Hall–Kier alpha value is -2.50. The van der Waals surface area contributed by atoms with Gasteiger partial charge in [0.2, 0.25) is 12.7 Å². The van der Waals surface area contributed by atoms with Crippen LogP contribution in [0.1, 0.15) is 12.7 Å². The Labute approximate surface area is 116 Å². The fourth-order valence-corrected chi connectivity index (χ4v) is 1.87. The van der Waals surface area contributed by atoms with Gasteiger partial charge < -0.3 is 19.5 Å². The van der Waals surface area contributed by atoms with Gasteiger partial charge in [0.25, 0.3) is 0 Å². The lowest BCUT2D eigenvalue weighted by molar-refractivity contribution is 0.174. The van der Waals surface area contributed by atoms with E-state index in [2.05, 4.69) is 15.3 Å². The molecular weight excluding hydrogens is 258 g/mol. The number of aryl methyl sites for hydroxylation is 1. The number of ether oxygens (including phenoxy) is 3. The zero-order valence-corrected chi connectivity index (χ0v) is 11.3. The normalized spacial score (nSPS) is 12.3. The van der Waals surface area contributed by atoms with Crippen LogP contribution in [0.4, 0.5) is 5.82 Å². The number of rotatable bonds is 4. The first-order chi connectivity index (χ1) is 9.78. The van der Waals surface area contributed by atoms with Crippen molar-refractivity contribution in [2.45, 2.75) is 13.3 Å². The van der Waals surface area contributed by atoms with Crippen LogP contribution in [0.3, 0.4) is 0 Å². The third-order valence-corrected chi connectivity index (χ3v) is 2.89. The van der Waals surface area contributed by atoms with E-state index in [1.165, 1.54) is 0 Å². The molecule has 2 aromatic rings. The molecule has 0 fully saturated rings. The molecule has 6 heteroatoms. The number of hydrogen-bond donors (Lipinski definition) is 1. The van der Waals surface area contributed by atoms with Gasteiger partial charge in [-0.25, -0.2) is 4.98 Å². The molecule has 2 heterocycles. The SMILES string of the molecule is CCc1nc(NC)cc(Oc2ccc3c(c2)OCO3)n1. The number of hydrogen-bond acceptors (Lipinski definition) is 6. The van der Waals surface area contributed by atoms with Crippen molar-refractivity contribution in [3.63, 3.8) is 0 Å². The molecule has 6 nitrogen and oxygen atoms in total. The molecule has 1 aromatic heterocycles. The van der Waals surface area contributed by atoms with E-state index < -0.39 is 0 Å². The van der Waals surface area contributed by atoms with E-state index in [-0.39, 0.29) is 6.79 Å². The molecule has 0 radical (unpaired) electrons. The first-order valence-corrected chi connectivity index (χ1v) is 6.41. The van der Waals surface area contributed by atoms with Crippen LogP contribution >= 0.6 is 0 Å². The minimum Gasteiger partial charge on any atom is -0.454 e.